The number of carboxylic acids is 1. The highest BCUT2D eigenvalue weighted by molar-refractivity contribution is 7.14. The van der Waals surface area contributed by atoms with Crippen molar-refractivity contribution < 1.29 is 37.3 Å². The Morgan fingerprint density at radius 2 is 1.82 bits per heavy atom. The Morgan fingerprint density at radius 3 is 2.45 bits per heavy atom. The van der Waals surface area contributed by atoms with Crippen molar-refractivity contribution in [2.75, 3.05) is 26.3 Å². The van der Waals surface area contributed by atoms with Crippen LogP contribution < -0.4 is 14.8 Å². The maximum absolute atomic E-state index is 12.5. The largest absolute Gasteiger partial charge is 0.656 e. The standard InChI is InChI=1S/C22H23Cl2N3O5S.C11H10ClF3N/c1-11-5-15(23)20(16(24)6-11)31-3-4-32-22-25-8-18(33-22)14-7-13-9-27(12(2)28)10-17(26-13)19(14)21(29)30;12-10-7(6-16-8-4-5-8)2-1-3-9(10)11(13,14)15/h5-6,8,13,17,26H,3-4,7,9-10H2,1-2H3,(H,29,30);1-3,8H,4-6H2/q;-1/t13-,17-;/m1./s1. The molecule has 1 saturated heterocycles. The van der Waals surface area contributed by atoms with Gasteiger partial charge in [0, 0.05) is 32.3 Å². The zero-order valence-corrected chi connectivity index (χ0v) is 29.5. The molecule has 0 unspecified atom stereocenters. The third kappa shape index (κ3) is 9.59. The van der Waals surface area contributed by atoms with Crippen LogP contribution in [0.15, 0.2) is 42.1 Å². The lowest BCUT2D eigenvalue weighted by molar-refractivity contribution is -0.137. The molecule has 2 bridgehead atoms. The van der Waals surface area contributed by atoms with E-state index in [4.69, 9.17) is 44.3 Å². The number of aliphatic carboxylic acids is 1. The first kappa shape index (κ1) is 37.2. The number of aromatic nitrogens is 1. The van der Waals surface area contributed by atoms with E-state index in [1.807, 2.05) is 6.92 Å². The van der Waals surface area contributed by atoms with E-state index in [1.54, 1.807) is 29.3 Å². The molecule has 49 heavy (non-hydrogen) atoms. The molecule has 3 aromatic rings. The topological polar surface area (TPSA) is 115 Å². The Bertz CT molecular complexity index is 1710. The molecular formula is C33H33Cl3F3N4O5S-. The van der Waals surface area contributed by atoms with E-state index < -0.39 is 23.8 Å². The van der Waals surface area contributed by atoms with Gasteiger partial charge >= 0.3 is 12.1 Å². The quantitative estimate of drug-likeness (QED) is 0.201. The van der Waals surface area contributed by atoms with Crippen molar-refractivity contribution in [3.05, 3.63) is 84.1 Å². The number of piperazine rings is 1. The molecule has 3 aliphatic rings. The molecular weight excluding hydrogens is 728 g/mol. The predicted molar refractivity (Wildman–Crippen MR) is 183 cm³/mol. The molecule has 1 aromatic heterocycles. The lowest BCUT2D eigenvalue weighted by atomic mass is 9.86. The average molecular weight is 761 g/mol. The van der Waals surface area contributed by atoms with E-state index in [0.29, 0.717) is 52.1 Å². The number of hydrogen-bond acceptors (Lipinski definition) is 7. The fourth-order valence-corrected chi connectivity index (χ4v) is 7.41. The summed E-state index contributed by atoms with van der Waals surface area (Å²) < 4.78 is 48.9. The maximum Gasteiger partial charge on any atom is 0.417 e. The van der Waals surface area contributed by atoms with Crippen LogP contribution in [0, 0.1) is 6.92 Å². The van der Waals surface area contributed by atoms with E-state index in [-0.39, 0.29) is 42.3 Å². The van der Waals surface area contributed by atoms with Crippen molar-refractivity contribution in [2.24, 2.45) is 0 Å². The van der Waals surface area contributed by atoms with Gasteiger partial charge in [0.2, 0.25) is 5.91 Å². The number of ether oxygens (including phenoxy) is 2. The van der Waals surface area contributed by atoms with Gasteiger partial charge in [0.1, 0.15) is 13.2 Å². The molecule has 2 aromatic carbocycles. The van der Waals surface area contributed by atoms with E-state index in [1.165, 1.54) is 24.3 Å². The zero-order valence-electron chi connectivity index (χ0n) is 26.5. The molecule has 2 fully saturated rings. The van der Waals surface area contributed by atoms with Gasteiger partial charge in [-0.2, -0.15) is 13.2 Å². The smallest absolute Gasteiger partial charge is 0.417 e. The molecule has 9 nitrogen and oxygen atoms in total. The summed E-state index contributed by atoms with van der Waals surface area (Å²) in [7, 11) is 0. The maximum atomic E-state index is 12.5. The molecule has 6 rings (SSSR count). The fraction of sp³-hybridized carbons (Fsp3) is 0.424. The summed E-state index contributed by atoms with van der Waals surface area (Å²) in [5, 5.41) is 18.5. The molecule has 1 saturated carbocycles. The first-order chi connectivity index (χ1) is 23.2. The SMILES string of the molecule is CC(=O)N1C[C@H]2CC(c3cnc(OCCOc4c(Cl)cc(C)cc4Cl)s3)=C(C(=O)O)[C@@H](C1)N2.FC(F)(F)c1cccc(C[N-]C2CC2)c1Cl. The van der Waals surface area contributed by atoms with Crippen molar-refractivity contribution >= 4 is 63.6 Å². The molecule has 1 amide bonds. The summed E-state index contributed by atoms with van der Waals surface area (Å²) in [5.74, 6) is -0.643. The monoisotopic (exact) mass is 759 g/mol. The number of nitrogens with one attached hydrogen (secondary N) is 1. The Labute approximate surface area is 300 Å². The Morgan fingerprint density at radius 1 is 1.12 bits per heavy atom. The van der Waals surface area contributed by atoms with Gasteiger partial charge in [-0.15, -0.1) is 12.6 Å². The minimum Gasteiger partial charge on any atom is -0.656 e. The van der Waals surface area contributed by atoms with E-state index in [0.717, 1.165) is 34.9 Å². The van der Waals surface area contributed by atoms with Crippen LogP contribution in [0.25, 0.3) is 10.9 Å². The number of carbonyl (C=O) groups is 2. The second kappa shape index (κ2) is 15.9. The van der Waals surface area contributed by atoms with Gasteiger partial charge in [-0.1, -0.05) is 71.1 Å². The van der Waals surface area contributed by atoms with Gasteiger partial charge in [0.15, 0.2) is 5.75 Å². The molecule has 2 atom stereocenters. The van der Waals surface area contributed by atoms with Crippen LogP contribution >= 0.6 is 46.1 Å². The van der Waals surface area contributed by atoms with Crippen molar-refractivity contribution in [2.45, 2.75) is 64.0 Å². The zero-order chi connectivity index (χ0) is 35.5. The van der Waals surface area contributed by atoms with Gasteiger partial charge in [0.05, 0.1) is 37.1 Å². The van der Waals surface area contributed by atoms with E-state index >= 15 is 0 Å². The van der Waals surface area contributed by atoms with Crippen LogP contribution in [-0.2, 0) is 22.3 Å². The highest BCUT2D eigenvalue weighted by atomic mass is 35.5. The van der Waals surface area contributed by atoms with Crippen molar-refractivity contribution in [3.8, 4) is 10.9 Å². The number of rotatable bonds is 10. The normalized spacial score (nSPS) is 18.9. The molecule has 2 aliphatic heterocycles. The summed E-state index contributed by atoms with van der Waals surface area (Å²) in [6, 6.07) is 7.39. The van der Waals surface area contributed by atoms with Gasteiger partial charge < -0.3 is 30.1 Å². The van der Waals surface area contributed by atoms with Gasteiger partial charge in [0.25, 0.3) is 5.19 Å². The van der Waals surface area contributed by atoms with Crippen LogP contribution in [0.1, 0.15) is 47.8 Å². The predicted octanol–water partition coefficient (Wildman–Crippen LogP) is 8.04. The molecule has 264 valence electrons. The summed E-state index contributed by atoms with van der Waals surface area (Å²) >= 11 is 19.4. The molecule has 0 spiro atoms. The minimum atomic E-state index is -4.40. The fourth-order valence-electron chi connectivity index (χ4n) is 5.55. The average Bonchev–Trinajstić information content (AvgIpc) is 3.73. The molecule has 0 radical (unpaired) electrons. The number of halogens is 6. The first-order valence-corrected chi connectivity index (χ1v) is 17.3. The molecule has 3 heterocycles. The third-order valence-corrected chi connectivity index (χ3v) is 9.99. The second-order valence-electron chi connectivity index (χ2n) is 11.8. The van der Waals surface area contributed by atoms with E-state index in [2.05, 4.69) is 15.6 Å². The Hall–Kier alpha value is -3.07. The summed E-state index contributed by atoms with van der Waals surface area (Å²) in [4.78, 5) is 30.6. The molecule has 2 N–H and O–H groups in total. The number of hydrogen-bond donors (Lipinski definition) is 2. The number of alkyl halides is 3. The number of carbonyl (C=O) groups excluding carboxylic acids is 1. The Kier molecular flexibility index (Phi) is 12.0. The summed E-state index contributed by atoms with van der Waals surface area (Å²) in [5.41, 5.74) is 1.62. The number of fused-ring (bicyclic) bond motifs is 2. The number of carboxylic acid groups (broad SMARTS) is 1. The highest BCUT2D eigenvalue weighted by Crippen LogP contribution is 2.39. The van der Waals surface area contributed by atoms with Crippen molar-refractivity contribution in [1.29, 1.82) is 0 Å². The number of amides is 1. The van der Waals surface area contributed by atoms with Crippen LogP contribution in [-0.4, -0.2) is 71.3 Å². The van der Waals surface area contributed by atoms with Gasteiger partial charge in [-0.3, -0.25) is 4.79 Å². The minimum absolute atomic E-state index is 0.00498. The van der Waals surface area contributed by atoms with Gasteiger partial charge in [-0.25, -0.2) is 9.78 Å². The lowest BCUT2D eigenvalue weighted by Crippen LogP contribution is -2.61. The van der Waals surface area contributed by atoms with Crippen molar-refractivity contribution in [1.82, 2.24) is 15.2 Å². The number of nitrogens with zero attached hydrogens (tertiary/aromatic N) is 3. The summed E-state index contributed by atoms with van der Waals surface area (Å²) in [6.45, 7) is 4.99. The molecule has 1 aliphatic carbocycles. The molecule has 16 heteroatoms. The Balaban J connectivity index is 0.000000244. The van der Waals surface area contributed by atoms with Crippen LogP contribution in [0.3, 0.4) is 0 Å². The lowest BCUT2D eigenvalue weighted by Gasteiger charge is -2.43. The number of thiazole rings is 1. The first-order valence-electron chi connectivity index (χ1n) is 15.4. The van der Waals surface area contributed by atoms with Crippen LogP contribution in [0.5, 0.6) is 10.9 Å². The third-order valence-electron chi connectivity index (χ3n) is 8.01. The van der Waals surface area contributed by atoms with Gasteiger partial charge in [-0.05, 0) is 48.2 Å². The number of benzene rings is 2. The van der Waals surface area contributed by atoms with E-state index in [9.17, 15) is 27.9 Å². The van der Waals surface area contributed by atoms with Crippen LogP contribution in [0.2, 0.25) is 15.1 Å². The highest BCUT2D eigenvalue weighted by Gasteiger charge is 2.39. The van der Waals surface area contributed by atoms with Crippen LogP contribution in [0.4, 0.5) is 13.2 Å². The second-order valence-corrected chi connectivity index (χ2v) is 14.0. The summed E-state index contributed by atoms with van der Waals surface area (Å²) in [6.07, 6.45) is -0.187. The van der Waals surface area contributed by atoms with Crippen molar-refractivity contribution in [3.63, 3.8) is 0 Å². The number of aryl methyl sites for hydroxylation is 1.